The molecule has 0 amide bonds. The normalized spacial score (nSPS) is 16.0. The highest BCUT2D eigenvalue weighted by Gasteiger charge is 2.41. The summed E-state index contributed by atoms with van der Waals surface area (Å²) < 4.78 is 27.7. The number of aromatic amines is 2. The predicted octanol–water partition coefficient (Wildman–Crippen LogP) is 4.10. The molecule has 3 heterocycles. The van der Waals surface area contributed by atoms with Crippen molar-refractivity contribution in [3.63, 3.8) is 0 Å². The minimum atomic E-state index is -2.53. The van der Waals surface area contributed by atoms with Crippen LogP contribution in [-0.2, 0) is 0 Å². The second-order valence-corrected chi connectivity index (χ2v) is 5.20. The van der Waals surface area contributed by atoms with Crippen molar-refractivity contribution in [1.82, 2.24) is 9.97 Å². The van der Waals surface area contributed by atoms with E-state index in [1.54, 1.807) is 18.2 Å². The molecular weight excluding hydrogens is 283 g/mol. The van der Waals surface area contributed by atoms with Crippen molar-refractivity contribution in [2.45, 2.75) is 19.8 Å². The largest absolute Gasteiger partial charge is 0.934 e. The van der Waals surface area contributed by atoms with Gasteiger partial charge in [0, 0.05) is 36.5 Å². The van der Waals surface area contributed by atoms with Gasteiger partial charge < -0.3 is 9.97 Å². The third-order valence-electron chi connectivity index (χ3n) is 3.64. The van der Waals surface area contributed by atoms with Gasteiger partial charge in [0.15, 0.2) is 11.4 Å². The third-order valence-corrected chi connectivity index (χ3v) is 3.64. The molecule has 1 aliphatic rings. The van der Waals surface area contributed by atoms with E-state index in [0.29, 0.717) is 17.8 Å². The van der Waals surface area contributed by atoms with Crippen LogP contribution in [0.5, 0.6) is 0 Å². The first-order valence-corrected chi connectivity index (χ1v) is 7.35. The number of nitrogens with one attached hydrogen (secondary N) is 2. The van der Waals surface area contributed by atoms with E-state index in [0.717, 1.165) is 28.0 Å². The fourth-order valence-electron chi connectivity index (χ4n) is 2.63. The quantitative estimate of drug-likeness (QED) is 0.780. The molecule has 112 valence electrons. The molecule has 0 unspecified atom stereocenters. The van der Waals surface area contributed by atoms with E-state index < -0.39 is 7.40 Å². The lowest BCUT2D eigenvalue weighted by atomic mass is 10.1. The van der Waals surface area contributed by atoms with Crippen molar-refractivity contribution in [3.05, 3.63) is 54.0 Å². The Balaban J connectivity index is 1.90. The SMILES string of the molecule is CCCC1=[N+](B(F)F)/C(=C\c2ccc(-c3ccc[nH]3)[nH]2)C=C1. The molecule has 2 aromatic rings. The molecule has 0 atom stereocenters. The van der Waals surface area contributed by atoms with Crippen LogP contribution in [-0.4, -0.2) is 27.6 Å². The highest BCUT2D eigenvalue weighted by Crippen LogP contribution is 2.21. The summed E-state index contributed by atoms with van der Waals surface area (Å²) in [6, 6.07) is 7.69. The molecule has 0 aliphatic carbocycles. The van der Waals surface area contributed by atoms with E-state index in [4.69, 9.17) is 0 Å². The molecule has 0 bridgehead atoms. The van der Waals surface area contributed by atoms with Crippen LogP contribution in [0.15, 0.2) is 48.3 Å². The summed E-state index contributed by atoms with van der Waals surface area (Å²) in [4.78, 5) is 6.34. The zero-order chi connectivity index (χ0) is 15.5. The van der Waals surface area contributed by atoms with Gasteiger partial charge in [-0.05, 0) is 30.7 Å². The smallest absolute Gasteiger partial charge is 0.360 e. The van der Waals surface area contributed by atoms with Crippen LogP contribution in [0.25, 0.3) is 17.5 Å². The molecule has 0 fully saturated rings. The molecule has 6 heteroatoms. The van der Waals surface area contributed by atoms with E-state index in [2.05, 4.69) is 9.97 Å². The average Bonchev–Trinajstić information content (AvgIpc) is 3.19. The lowest BCUT2D eigenvalue weighted by Crippen LogP contribution is -2.24. The molecule has 3 rings (SSSR count). The van der Waals surface area contributed by atoms with Gasteiger partial charge in [-0.15, -0.1) is 0 Å². The van der Waals surface area contributed by atoms with Crippen LogP contribution < -0.4 is 0 Å². The number of aromatic nitrogens is 2. The maximum absolute atomic E-state index is 13.3. The highest BCUT2D eigenvalue weighted by atomic mass is 19.2. The molecular formula is C16H17BF2N3+. The number of nitrogens with zero attached hydrogens (tertiary/aromatic N) is 1. The maximum Gasteiger partial charge on any atom is 0.934 e. The molecule has 0 radical (unpaired) electrons. The Bertz CT molecular complexity index is 739. The third kappa shape index (κ3) is 2.82. The lowest BCUT2D eigenvalue weighted by Gasteiger charge is -1.99. The van der Waals surface area contributed by atoms with Crippen molar-refractivity contribution in [2.75, 3.05) is 0 Å². The molecule has 0 saturated heterocycles. The van der Waals surface area contributed by atoms with Gasteiger partial charge in [-0.2, -0.15) is 0 Å². The Morgan fingerprint density at radius 1 is 1.18 bits per heavy atom. The highest BCUT2D eigenvalue weighted by molar-refractivity contribution is 6.35. The van der Waals surface area contributed by atoms with E-state index in [1.807, 2.05) is 37.4 Å². The van der Waals surface area contributed by atoms with Gasteiger partial charge in [0.1, 0.15) is 0 Å². The zero-order valence-electron chi connectivity index (χ0n) is 12.3. The first-order chi connectivity index (χ1) is 10.7. The van der Waals surface area contributed by atoms with E-state index in [9.17, 15) is 8.63 Å². The van der Waals surface area contributed by atoms with Crippen LogP contribution in [0.4, 0.5) is 8.63 Å². The second kappa shape index (κ2) is 6.18. The van der Waals surface area contributed by atoms with Crippen molar-refractivity contribution < 1.29 is 13.1 Å². The number of allylic oxidation sites excluding steroid dienone is 2. The lowest BCUT2D eigenvalue weighted by molar-refractivity contribution is -0.342. The van der Waals surface area contributed by atoms with Crippen molar-refractivity contribution in [3.8, 4) is 11.4 Å². The van der Waals surface area contributed by atoms with Gasteiger partial charge in [-0.3, -0.25) is 0 Å². The summed E-state index contributed by atoms with van der Waals surface area (Å²) in [5, 5.41) is 0. The zero-order valence-corrected chi connectivity index (χ0v) is 12.3. The predicted molar refractivity (Wildman–Crippen MR) is 85.8 cm³/mol. The van der Waals surface area contributed by atoms with Gasteiger partial charge in [-0.25, -0.2) is 13.1 Å². The monoisotopic (exact) mass is 300 g/mol. The fraction of sp³-hybridized carbons (Fsp3) is 0.188. The minimum Gasteiger partial charge on any atom is -0.360 e. The number of halogens is 2. The summed E-state index contributed by atoms with van der Waals surface area (Å²) in [6.45, 7) is 1.99. The average molecular weight is 300 g/mol. The van der Waals surface area contributed by atoms with Gasteiger partial charge >= 0.3 is 7.40 Å². The van der Waals surface area contributed by atoms with Gasteiger partial charge in [0.05, 0.1) is 11.4 Å². The molecule has 2 N–H and O–H groups in total. The number of H-pyrrole nitrogens is 2. The summed E-state index contributed by atoms with van der Waals surface area (Å²) in [7, 11) is -2.53. The first kappa shape index (κ1) is 14.6. The summed E-state index contributed by atoms with van der Waals surface area (Å²) >= 11 is 0. The molecule has 1 aliphatic heterocycles. The minimum absolute atomic E-state index is 0.512. The Morgan fingerprint density at radius 2 is 2.05 bits per heavy atom. The summed E-state index contributed by atoms with van der Waals surface area (Å²) in [5.41, 5.74) is 3.88. The number of rotatable bonds is 5. The molecule has 0 saturated carbocycles. The van der Waals surface area contributed by atoms with Crippen molar-refractivity contribution in [2.24, 2.45) is 0 Å². The summed E-state index contributed by atoms with van der Waals surface area (Å²) in [5.74, 6) is 0. The van der Waals surface area contributed by atoms with E-state index >= 15 is 0 Å². The van der Waals surface area contributed by atoms with Crippen molar-refractivity contribution >= 4 is 19.2 Å². The Kier molecular flexibility index (Phi) is 4.09. The molecule has 22 heavy (non-hydrogen) atoms. The van der Waals surface area contributed by atoms with Gasteiger partial charge in [0.25, 0.3) is 0 Å². The van der Waals surface area contributed by atoms with E-state index in [1.165, 1.54) is 0 Å². The number of hydrogen-bond donors (Lipinski definition) is 2. The molecule has 3 nitrogen and oxygen atoms in total. The van der Waals surface area contributed by atoms with Crippen LogP contribution in [0, 0.1) is 0 Å². The van der Waals surface area contributed by atoms with Crippen LogP contribution in [0.2, 0.25) is 0 Å². The molecule has 2 aromatic heterocycles. The Morgan fingerprint density at radius 3 is 2.73 bits per heavy atom. The van der Waals surface area contributed by atoms with Gasteiger partial charge in [0.2, 0.25) is 0 Å². The Hall–Kier alpha value is -2.37. The molecule has 0 aromatic carbocycles. The molecule has 0 spiro atoms. The standard InChI is InChI=1S/C16H16BF2N3/c1-2-4-13-7-8-14(22(13)17(18)19)11-12-6-9-16(21-12)15-5-3-10-20-15/h3,5-11H,2,4H2,1H3,(H,20,21)/p+1. The van der Waals surface area contributed by atoms with Crippen LogP contribution >= 0.6 is 0 Å². The maximum atomic E-state index is 13.3. The topological polar surface area (TPSA) is 34.6 Å². The van der Waals surface area contributed by atoms with E-state index in [-0.39, 0.29) is 0 Å². The van der Waals surface area contributed by atoms with Crippen LogP contribution in [0.1, 0.15) is 25.5 Å². The first-order valence-electron chi connectivity index (χ1n) is 7.35. The number of hydrogen-bond acceptors (Lipinski definition) is 0. The summed E-state index contributed by atoms with van der Waals surface area (Å²) in [6.07, 6.45) is 8.60. The Labute approximate surface area is 128 Å². The fourth-order valence-corrected chi connectivity index (χ4v) is 2.63. The van der Waals surface area contributed by atoms with Crippen LogP contribution in [0.3, 0.4) is 0 Å². The second-order valence-electron chi connectivity index (χ2n) is 5.20. The van der Waals surface area contributed by atoms with Crippen molar-refractivity contribution in [1.29, 1.82) is 0 Å². The van der Waals surface area contributed by atoms with Gasteiger partial charge in [-0.1, -0.05) is 6.92 Å².